The lowest BCUT2D eigenvalue weighted by molar-refractivity contribution is 0.102. The van der Waals surface area contributed by atoms with Gasteiger partial charge in [-0.05, 0) is 69.6 Å². The van der Waals surface area contributed by atoms with Crippen LogP contribution in [0.1, 0.15) is 49.9 Å². The van der Waals surface area contributed by atoms with Crippen molar-refractivity contribution in [1.82, 2.24) is 20.1 Å². The highest BCUT2D eigenvalue weighted by Crippen LogP contribution is 2.36. The Hall–Kier alpha value is -2.97. The van der Waals surface area contributed by atoms with Gasteiger partial charge in [0, 0.05) is 31.9 Å². The number of urea groups is 1. The zero-order valence-corrected chi connectivity index (χ0v) is 20.3. The number of likely N-dealkylation sites (tertiary alicyclic amines) is 1. The van der Waals surface area contributed by atoms with Crippen LogP contribution in [0.25, 0.3) is 0 Å². The molecule has 1 fully saturated rings. The van der Waals surface area contributed by atoms with Crippen LogP contribution in [-0.4, -0.2) is 72.0 Å². The molecule has 0 saturated carbocycles. The monoisotopic (exact) mass is 464 g/mol. The zero-order valence-electron chi connectivity index (χ0n) is 20.3. The smallest absolute Gasteiger partial charge is 0.327 e. The van der Waals surface area contributed by atoms with E-state index in [1.807, 2.05) is 6.07 Å². The maximum atomic E-state index is 13.4. The summed E-state index contributed by atoms with van der Waals surface area (Å²) in [7, 11) is 0. The average molecular weight is 465 g/mol. The van der Waals surface area contributed by atoms with Gasteiger partial charge in [0.15, 0.2) is 5.82 Å². The van der Waals surface area contributed by atoms with Gasteiger partial charge in [-0.3, -0.25) is 9.69 Å². The van der Waals surface area contributed by atoms with E-state index in [0.29, 0.717) is 35.3 Å². The largest absolute Gasteiger partial charge is 0.336 e. The van der Waals surface area contributed by atoms with Crippen LogP contribution in [0.3, 0.4) is 0 Å². The highest BCUT2D eigenvalue weighted by Gasteiger charge is 2.31. The Morgan fingerprint density at radius 2 is 1.97 bits per heavy atom. The molecule has 2 aromatic rings. The van der Waals surface area contributed by atoms with Gasteiger partial charge in [-0.1, -0.05) is 26.0 Å². The molecule has 2 aliphatic rings. The van der Waals surface area contributed by atoms with Crippen LogP contribution < -0.4 is 15.5 Å². The second-order valence-corrected chi connectivity index (χ2v) is 9.05. The number of benzene rings is 1. The van der Waals surface area contributed by atoms with Crippen molar-refractivity contribution in [1.29, 1.82) is 0 Å². The number of carbonyl (C=O) groups is 2. The molecule has 3 heterocycles. The fourth-order valence-corrected chi connectivity index (χ4v) is 5.05. The van der Waals surface area contributed by atoms with Gasteiger partial charge >= 0.3 is 6.03 Å². The first-order valence-corrected chi connectivity index (χ1v) is 12.5. The number of carbonyl (C=O) groups excluding carboxylic acids is 2. The minimum atomic E-state index is -0.279. The number of para-hydroxylation sites is 1. The number of amides is 3. The third-order valence-electron chi connectivity index (χ3n) is 6.56. The SMILES string of the molecule is CCCN(CCC)C[C@H]1CCCN1CCNC(=O)N1c2ccccc2C(=O)Nc2cccnc21. The van der Waals surface area contributed by atoms with Gasteiger partial charge in [-0.25, -0.2) is 14.7 Å². The number of nitrogens with one attached hydrogen (secondary N) is 2. The van der Waals surface area contributed by atoms with E-state index in [0.717, 1.165) is 32.7 Å². The minimum Gasteiger partial charge on any atom is -0.336 e. The Morgan fingerprint density at radius 3 is 2.76 bits per heavy atom. The number of nitrogens with zero attached hydrogens (tertiary/aromatic N) is 4. The van der Waals surface area contributed by atoms with Crippen molar-refractivity contribution in [3.63, 3.8) is 0 Å². The number of hydrogen-bond acceptors (Lipinski definition) is 5. The van der Waals surface area contributed by atoms with Gasteiger partial charge in [0.2, 0.25) is 0 Å². The van der Waals surface area contributed by atoms with E-state index in [-0.39, 0.29) is 11.9 Å². The fraction of sp³-hybridized carbons (Fsp3) is 0.500. The molecule has 4 rings (SSSR count). The maximum absolute atomic E-state index is 13.4. The molecule has 0 unspecified atom stereocenters. The summed E-state index contributed by atoms with van der Waals surface area (Å²) in [4.78, 5) is 37.1. The zero-order chi connectivity index (χ0) is 23.9. The molecule has 0 aliphatic carbocycles. The lowest BCUT2D eigenvalue weighted by atomic mass is 10.1. The molecule has 2 N–H and O–H groups in total. The first-order chi connectivity index (χ1) is 16.6. The van der Waals surface area contributed by atoms with Crippen LogP contribution in [-0.2, 0) is 0 Å². The van der Waals surface area contributed by atoms with Crippen LogP contribution in [0.5, 0.6) is 0 Å². The summed E-state index contributed by atoms with van der Waals surface area (Å²) in [6.07, 6.45) is 6.39. The van der Waals surface area contributed by atoms with Crippen LogP contribution >= 0.6 is 0 Å². The van der Waals surface area contributed by atoms with Crippen molar-refractivity contribution in [2.45, 2.75) is 45.6 Å². The van der Waals surface area contributed by atoms with E-state index >= 15 is 0 Å². The second kappa shape index (κ2) is 11.4. The normalized spacial score (nSPS) is 17.8. The highest BCUT2D eigenvalue weighted by molar-refractivity contribution is 6.16. The molecule has 8 heteroatoms. The fourth-order valence-electron chi connectivity index (χ4n) is 5.05. The molecule has 182 valence electrons. The van der Waals surface area contributed by atoms with Crippen molar-refractivity contribution in [2.75, 3.05) is 49.5 Å². The molecule has 34 heavy (non-hydrogen) atoms. The van der Waals surface area contributed by atoms with Crippen molar-refractivity contribution in [2.24, 2.45) is 0 Å². The number of aromatic nitrogens is 1. The maximum Gasteiger partial charge on any atom is 0.327 e. The van der Waals surface area contributed by atoms with E-state index in [9.17, 15) is 9.59 Å². The number of pyridine rings is 1. The van der Waals surface area contributed by atoms with Crippen LogP contribution in [0.15, 0.2) is 42.6 Å². The summed E-state index contributed by atoms with van der Waals surface area (Å²) in [6, 6.07) is 10.9. The molecule has 1 atom stereocenters. The Morgan fingerprint density at radius 1 is 1.18 bits per heavy atom. The molecule has 0 radical (unpaired) electrons. The van der Waals surface area contributed by atoms with Gasteiger partial charge in [0.05, 0.1) is 16.9 Å². The first kappa shape index (κ1) is 24.2. The van der Waals surface area contributed by atoms with E-state index in [4.69, 9.17) is 0 Å². The molecule has 1 aromatic carbocycles. The third-order valence-corrected chi connectivity index (χ3v) is 6.56. The number of rotatable bonds is 9. The molecule has 1 saturated heterocycles. The summed E-state index contributed by atoms with van der Waals surface area (Å²) < 4.78 is 0. The van der Waals surface area contributed by atoms with Crippen molar-refractivity contribution in [3.05, 3.63) is 48.2 Å². The van der Waals surface area contributed by atoms with Crippen molar-refractivity contribution in [3.8, 4) is 0 Å². The molecular weight excluding hydrogens is 428 g/mol. The van der Waals surface area contributed by atoms with E-state index in [1.54, 1.807) is 36.5 Å². The molecule has 0 bridgehead atoms. The Labute approximate surface area is 202 Å². The van der Waals surface area contributed by atoms with Gasteiger partial charge in [0.1, 0.15) is 0 Å². The Kier molecular flexibility index (Phi) is 8.13. The molecular formula is C26H36N6O2. The molecule has 8 nitrogen and oxygen atoms in total. The van der Waals surface area contributed by atoms with Crippen molar-refractivity contribution >= 4 is 29.1 Å². The summed E-state index contributed by atoms with van der Waals surface area (Å²) in [6.45, 7) is 10.3. The molecule has 0 spiro atoms. The summed E-state index contributed by atoms with van der Waals surface area (Å²) in [5.74, 6) is 0.177. The molecule has 3 amide bonds. The summed E-state index contributed by atoms with van der Waals surface area (Å²) in [5, 5.41) is 5.95. The number of fused-ring (bicyclic) bond motifs is 2. The Bertz CT molecular complexity index is 991. The Balaban J connectivity index is 1.43. The first-order valence-electron chi connectivity index (χ1n) is 12.5. The predicted molar refractivity (Wildman–Crippen MR) is 136 cm³/mol. The van der Waals surface area contributed by atoms with E-state index < -0.39 is 0 Å². The lowest BCUT2D eigenvalue weighted by Crippen LogP contribution is -2.45. The minimum absolute atomic E-state index is 0.247. The average Bonchev–Trinajstić information content (AvgIpc) is 3.22. The summed E-state index contributed by atoms with van der Waals surface area (Å²) in [5.41, 5.74) is 1.50. The number of hydrogen-bond donors (Lipinski definition) is 2. The number of anilines is 3. The predicted octanol–water partition coefficient (Wildman–Crippen LogP) is 4.08. The molecule has 2 aliphatic heterocycles. The van der Waals surface area contributed by atoms with Crippen LogP contribution in [0.4, 0.5) is 22.0 Å². The van der Waals surface area contributed by atoms with Crippen molar-refractivity contribution < 1.29 is 9.59 Å². The lowest BCUT2D eigenvalue weighted by Gasteiger charge is -2.31. The van der Waals surface area contributed by atoms with Gasteiger partial charge < -0.3 is 15.5 Å². The van der Waals surface area contributed by atoms with E-state index in [1.165, 1.54) is 30.6 Å². The molecule has 1 aromatic heterocycles. The third kappa shape index (κ3) is 5.39. The van der Waals surface area contributed by atoms with Gasteiger partial charge in [-0.15, -0.1) is 0 Å². The van der Waals surface area contributed by atoms with Crippen LogP contribution in [0.2, 0.25) is 0 Å². The highest BCUT2D eigenvalue weighted by atomic mass is 16.2. The topological polar surface area (TPSA) is 80.8 Å². The van der Waals surface area contributed by atoms with Gasteiger partial charge in [-0.2, -0.15) is 0 Å². The summed E-state index contributed by atoms with van der Waals surface area (Å²) >= 11 is 0. The van der Waals surface area contributed by atoms with Crippen LogP contribution in [0, 0.1) is 0 Å². The quantitative estimate of drug-likeness (QED) is 0.584. The second-order valence-electron chi connectivity index (χ2n) is 9.05. The standard InChI is InChI=1S/C26H36N6O2/c1-3-15-30(16-4-2)19-20-9-8-17-31(20)18-14-28-26(34)32-23-12-6-5-10-21(23)25(33)29-22-11-7-13-27-24(22)32/h5-7,10-13,20H,3-4,8-9,14-19H2,1-2H3,(H,28,34)(H,29,33)/t20-/m1/s1. The van der Waals surface area contributed by atoms with E-state index in [2.05, 4.69) is 39.3 Å². The van der Waals surface area contributed by atoms with Gasteiger partial charge in [0.25, 0.3) is 5.91 Å².